The summed E-state index contributed by atoms with van der Waals surface area (Å²) >= 11 is 1.58. The first-order valence-corrected chi connectivity index (χ1v) is 7.30. The van der Waals surface area contributed by atoms with Crippen molar-refractivity contribution in [3.8, 4) is 0 Å². The Hall–Kier alpha value is -1.56. The van der Waals surface area contributed by atoms with Gasteiger partial charge in [0.05, 0.1) is 17.1 Å². The third-order valence-electron chi connectivity index (χ3n) is 2.94. The van der Waals surface area contributed by atoms with Crippen molar-refractivity contribution in [2.45, 2.75) is 31.1 Å². The van der Waals surface area contributed by atoms with Crippen molar-refractivity contribution in [2.75, 3.05) is 5.75 Å². The summed E-state index contributed by atoms with van der Waals surface area (Å²) in [5.41, 5.74) is 0.991. The predicted molar refractivity (Wildman–Crippen MR) is 75.7 cm³/mol. The second-order valence-corrected chi connectivity index (χ2v) is 5.47. The number of pyridine rings is 1. The number of aromatic carboxylic acids is 1. The highest BCUT2D eigenvalue weighted by atomic mass is 32.2. The average molecular weight is 279 g/mol. The van der Waals surface area contributed by atoms with Gasteiger partial charge < -0.3 is 5.11 Å². The van der Waals surface area contributed by atoms with Crippen LogP contribution in [0.25, 0.3) is 11.0 Å². The molecule has 2 heterocycles. The summed E-state index contributed by atoms with van der Waals surface area (Å²) < 4.78 is 1.66. The number of carboxylic acid groups (broad SMARTS) is 1. The molecule has 6 heteroatoms. The third-order valence-corrected chi connectivity index (χ3v) is 4.16. The molecule has 0 saturated heterocycles. The van der Waals surface area contributed by atoms with Crippen molar-refractivity contribution < 1.29 is 9.90 Å². The second kappa shape index (κ2) is 6.06. The minimum absolute atomic E-state index is 0.266. The minimum Gasteiger partial charge on any atom is -0.478 e. The van der Waals surface area contributed by atoms with E-state index in [0.29, 0.717) is 0 Å². The van der Waals surface area contributed by atoms with E-state index < -0.39 is 5.97 Å². The monoisotopic (exact) mass is 279 g/mol. The molecule has 0 spiro atoms. The molecule has 5 nitrogen and oxygen atoms in total. The Kier molecular flexibility index (Phi) is 4.42. The standard InChI is InChI=1S/C13H17N3O2S/c1-3-4-5-6-19-11-9-8-15-16(2)12(9)14-7-10(11)13(17)18/h7-8H,3-6H2,1-2H3,(H,17,18). The van der Waals surface area contributed by atoms with Gasteiger partial charge in [-0.15, -0.1) is 11.8 Å². The zero-order valence-electron chi connectivity index (χ0n) is 11.1. The van der Waals surface area contributed by atoms with E-state index in [-0.39, 0.29) is 5.56 Å². The Morgan fingerprint density at radius 2 is 2.21 bits per heavy atom. The molecule has 19 heavy (non-hydrogen) atoms. The lowest BCUT2D eigenvalue weighted by molar-refractivity contribution is 0.0693. The first kappa shape index (κ1) is 13.9. The van der Waals surface area contributed by atoms with E-state index in [9.17, 15) is 9.90 Å². The number of hydrogen-bond donors (Lipinski definition) is 1. The van der Waals surface area contributed by atoms with Crippen LogP contribution in [-0.2, 0) is 7.05 Å². The molecule has 0 bridgehead atoms. The number of hydrogen-bond acceptors (Lipinski definition) is 4. The molecule has 0 aliphatic heterocycles. The maximum atomic E-state index is 11.3. The smallest absolute Gasteiger partial charge is 0.338 e. The van der Waals surface area contributed by atoms with Gasteiger partial charge in [-0.3, -0.25) is 4.68 Å². The van der Waals surface area contributed by atoms with E-state index in [0.717, 1.165) is 40.9 Å². The Balaban J connectivity index is 2.35. The van der Waals surface area contributed by atoms with Gasteiger partial charge in [0.2, 0.25) is 0 Å². The Morgan fingerprint density at radius 1 is 1.42 bits per heavy atom. The minimum atomic E-state index is -0.934. The number of carbonyl (C=O) groups is 1. The maximum Gasteiger partial charge on any atom is 0.338 e. The quantitative estimate of drug-likeness (QED) is 0.650. The molecule has 2 rings (SSSR count). The molecule has 0 unspecified atom stereocenters. The summed E-state index contributed by atoms with van der Waals surface area (Å²) in [5.74, 6) is -0.0153. The summed E-state index contributed by atoms with van der Waals surface area (Å²) in [5, 5.41) is 14.2. The molecule has 102 valence electrons. The van der Waals surface area contributed by atoms with E-state index in [1.54, 1.807) is 29.7 Å². The first-order valence-electron chi connectivity index (χ1n) is 6.32. The Labute approximate surface area is 116 Å². The molecule has 2 aromatic heterocycles. The highest BCUT2D eigenvalue weighted by Gasteiger charge is 2.16. The molecule has 0 saturated carbocycles. The van der Waals surface area contributed by atoms with E-state index in [1.807, 2.05) is 0 Å². The van der Waals surface area contributed by atoms with Crippen molar-refractivity contribution in [1.29, 1.82) is 0 Å². The number of carboxylic acids is 1. The van der Waals surface area contributed by atoms with Crippen LogP contribution in [0.2, 0.25) is 0 Å². The normalized spacial score (nSPS) is 11.1. The molecular weight excluding hydrogens is 262 g/mol. The molecular formula is C13H17N3O2S. The average Bonchev–Trinajstić information content (AvgIpc) is 2.76. The fraction of sp³-hybridized carbons (Fsp3) is 0.462. The van der Waals surface area contributed by atoms with Crippen molar-refractivity contribution in [1.82, 2.24) is 14.8 Å². The van der Waals surface area contributed by atoms with Crippen LogP contribution < -0.4 is 0 Å². The summed E-state index contributed by atoms with van der Waals surface area (Å²) in [7, 11) is 1.81. The number of thioether (sulfide) groups is 1. The first-order chi connectivity index (χ1) is 9.15. The zero-order valence-corrected chi connectivity index (χ0v) is 11.9. The summed E-state index contributed by atoms with van der Waals surface area (Å²) in [6.45, 7) is 2.15. The molecule has 0 aliphatic rings. The van der Waals surface area contributed by atoms with Gasteiger partial charge in [-0.05, 0) is 12.2 Å². The van der Waals surface area contributed by atoms with Gasteiger partial charge in [-0.25, -0.2) is 9.78 Å². The van der Waals surface area contributed by atoms with E-state index >= 15 is 0 Å². The SMILES string of the molecule is CCCCCSc1c(C(=O)O)cnc2c1cnn2C. The highest BCUT2D eigenvalue weighted by molar-refractivity contribution is 7.99. The lowest BCUT2D eigenvalue weighted by Crippen LogP contribution is -2.02. The molecule has 0 atom stereocenters. The largest absolute Gasteiger partial charge is 0.478 e. The van der Waals surface area contributed by atoms with Crippen LogP contribution in [0.15, 0.2) is 17.3 Å². The molecule has 0 amide bonds. The number of rotatable bonds is 6. The van der Waals surface area contributed by atoms with Crippen LogP contribution in [0.3, 0.4) is 0 Å². The van der Waals surface area contributed by atoms with Crippen LogP contribution in [0.4, 0.5) is 0 Å². The molecule has 2 aromatic rings. The van der Waals surface area contributed by atoms with Crippen molar-refractivity contribution in [2.24, 2.45) is 7.05 Å². The Bertz CT molecular complexity index is 595. The summed E-state index contributed by atoms with van der Waals surface area (Å²) in [6.07, 6.45) is 6.53. The Morgan fingerprint density at radius 3 is 2.89 bits per heavy atom. The molecule has 0 aromatic carbocycles. The maximum absolute atomic E-state index is 11.3. The van der Waals surface area contributed by atoms with E-state index in [2.05, 4.69) is 17.0 Å². The van der Waals surface area contributed by atoms with Crippen LogP contribution in [0.5, 0.6) is 0 Å². The van der Waals surface area contributed by atoms with Crippen LogP contribution >= 0.6 is 11.8 Å². The van der Waals surface area contributed by atoms with Gasteiger partial charge >= 0.3 is 5.97 Å². The molecule has 0 fully saturated rings. The van der Waals surface area contributed by atoms with Crippen molar-refractivity contribution in [3.63, 3.8) is 0 Å². The fourth-order valence-corrected chi connectivity index (χ4v) is 3.06. The van der Waals surface area contributed by atoms with Crippen molar-refractivity contribution in [3.05, 3.63) is 18.0 Å². The number of fused-ring (bicyclic) bond motifs is 1. The summed E-state index contributed by atoms with van der Waals surface area (Å²) in [4.78, 5) is 16.2. The van der Waals surface area contributed by atoms with Gasteiger partial charge in [0.1, 0.15) is 0 Å². The van der Waals surface area contributed by atoms with Crippen LogP contribution in [0, 0.1) is 0 Å². The van der Waals surface area contributed by atoms with Gasteiger partial charge in [0.25, 0.3) is 0 Å². The highest BCUT2D eigenvalue weighted by Crippen LogP contribution is 2.30. The predicted octanol–water partition coefficient (Wildman–Crippen LogP) is 2.95. The van der Waals surface area contributed by atoms with Gasteiger partial charge in [0.15, 0.2) is 5.65 Å². The third kappa shape index (κ3) is 2.89. The molecule has 1 N–H and O–H groups in total. The number of unbranched alkanes of at least 4 members (excludes halogenated alkanes) is 2. The zero-order chi connectivity index (χ0) is 13.8. The topological polar surface area (TPSA) is 68.0 Å². The fourth-order valence-electron chi connectivity index (χ4n) is 1.91. The van der Waals surface area contributed by atoms with Gasteiger partial charge in [0, 0.05) is 18.1 Å². The number of aryl methyl sites for hydroxylation is 1. The van der Waals surface area contributed by atoms with Gasteiger partial charge in [-0.2, -0.15) is 5.10 Å². The van der Waals surface area contributed by atoms with E-state index in [1.165, 1.54) is 6.20 Å². The van der Waals surface area contributed by atoms with Crippen LogP contribution in [-0.4, -0.2) is 31.6 Å². The lowest BCUT2D eigenvalue weighted by atomic mass is 10.2. The van der Waals surface area contributed by atoms with Gasteiger partial charge in [-0.1, -0.05) is 19.8 Å². The lowest BCUT2D eigenvalue weighted by Gasteiger charge is -2.07. The molecule has 0 aliphatic carbocycles. The van der Waals surface area contributed by atoms with Crippen molar-refractivity contribution >= 4 is 28.8 Å². The second-order valence-electron chi connectivity index (χ2n) is 4.37. The number of nitrogens with zero attached hydrogens (tertiary/aromatic N) is 3. The molecule has 0 radical (unpaired) electrons. The van der Waals surface area contributed by atoms with Crippen LogP contribution in [0.1, 0.15) is 36.5 Å². The van der Waals surface area contributed by atoms with E-state index in [4.69, 9.17) is 0 Å². The summed E-state index contributed by atoms with van der Waals surface area (Å²) in [6, 6.07) is 0. The number of aromatic nitrogens is 3.